The predicted octanol–water partition coefficient (Wildman–Crippen LogP) is 7.56. The average Bonchev–Trinajstić information content (AvgIpc) is 3.35. The quantitative estimate of drug-likeness (QED) is 0.148. The molecule has 2 N–H and O–H groups in total. The van der Waals surface area contributed by atoms with Gasteiger partial charge in [0.1, 0.15) is 41.1 Å². The van der Waals surface area contributed by atoms with Crippen LogP contribution in [-0.4, -0.2) is 13.1 Å². The van der Waals surface area contributed by atoms with Crippen molar-refractivity contribution in [2.45, 2.75) is 19.4 Å². The van der Waals surface area contributed by atoms with E-state index in [1.807, 2.05) is 18.2 Å². The fourth-order valence-corrected chi connectivity index (χ4v) is 5.23. The molecule has 1 unspecified atom stereocenters. The zero-order valence-corrected chi connectivity index (χ0v) is 24.3. The zero-order chi connectivity index (χ0) is 31.0. The lowest BCUT2D eigenvalue weighted by Crippen LogP contribution is -2.21. The Morgan fingerprint density at radius 2 is 1.84 bits per heavy atom. The van der Waals surface area contributed by atoms with Crippen LogP contribution in [0.1, 0.15) is 38.7 Å². The molecule has 1 aromatic heterocycles. The summed E-state index contributed by atoms with van der Waals surface area (Å²) in [6.45, 7) is 1.95. The molecule has 10 heteroatoms. The number of hydrogen-bond donors (Lipinski definition) is 1. The van der Waals surface area contributed by atoms with Gasteiger partial charge in [-0.3, -0.25) is 0 Å². The minimum absolute atomic E-state index is 0.0428. The molecule has 0 fully saturated rings. The second-order valence-corrected chi connectivity index (χ2v) is 10.5. The van der Waals surface area contributed by atoms with Crippen molar-refractivity contribution in [3.63, 3.8) is 0 Å². The number of allylic oxidation sites excluding steroid dienone is 1. The molecule has 0 bridgehead atoms. The standard InChI is InChI=1S/C34H24ClFN2O6/c1-18-25-14-22(36)8-12-27(25)43-32(18)34(39)42-23-9-10-24-29(15-23)44-33(38)26(16-37)31(24)20-5-11-28(30(13-20)40-2)41-17-19-3-6-21(35)7-4-19/h3-15,31H,17,38H2,1-2H3. The van der Waals surface area contributed by atoms with Gasteiger partial charge in [-0.05, 0) is 66.6 Å². The third-order valence-electron chi connectivity index (χ3n) is 7.31. The van der Waals surface area contributed by atoms with Crippen LogP contribution >= 0.6 is 11.6 Å². The molecule has 220 valence electrons. The van der Waals surface area contributed by atoms with E-state index in [-0.39, 0.29) is 23.0 Å². The Kier molecular flexibility index (Phi) is 7.60. The van der Waals surface area contributed by atoms with Gasteiger partial charge in [-0.2, -0.15) is 5.26 Å². The molecule has 1 aliphatic heterocycles. The summed E-state index contributed by atoms with van der Waals surface area (Å²) in [6, 6.07) is 23.7. The Bertz CT molecular complexity index is 1990. The number of hydrogen-bond acceptors (Lipinski definition) is 8. The largest absolute Gasteiger partial charge is 0.493 e. The van der Waals surface area contributed by atoms with Crippen LogP contribution in [0, 0.1) is 24.1 Å². The van der Waals surface area contributed by atoms with Crippen LogP contribution in [0.3, 0.4) is 0 Å². The molecule has 8 nitrogen and oxygen atoms in total. The number of carbonyl (C=O) groups is 1. The molecular formula is C34H24ClFN2O6. The summed E-state index contributed by atoms with van der Waals surface area (Å²) in [6.07, 6.45) is 0. The van der Waals surface area contributed by atoms with Gasteiger partial charge >= 0.3 is 5.97 Å². The molecule has 44 heavy (non-hydrogen) atoms. The highest BCUT2D eigenvalue weighted by Gasteiger charge is 2.32. The third-order valence-corrected chi connectivity index (χ3v) is 7.57. The van der Waals surface area contributed by atoms with Gasteiger partial charge in [-0.15, -0.1) is 0 Å². The summed E-state index contributed by atoms with van der Waals surface area (Å²) in [4.78, 5) is 13.0. The van der Waals surface area contributed by atoms with Crippen molar-refractivity contribution in [3.05, 3.63) is 129 Å². The lowest BCUT2D eigenvalue weighted by Gasteiger charge is -2.27. The molecule has 1 atom stereocenters. The fraction of sp³-hybridized carbons (Fsp3) is 0.118. The van der Waals surface area contributed by atoms with Gasteiger partial charge in [-0.25, -0.2) is 9.18 Å². The SMILES string of the molecule is COc1cc(C2C(C#N)=C(N)Oc3cc(OC(=O)c4oc5ccc(F)cc5c4C)ccc32)ccc1OCc1ccc(Cl)cc1. The van der Waals surface area contributed by atoms with E-state index in [1.165, 1.54) is 31.4 Å². The summed E-state index contributed by atoms with van der Waals surface area (Å²) in [5.41, 5.74) is 9.49. The Morgan fingerprint density at radius 1 is 1.05 bits per heavy atom. The lowest BCUT2D eigenvalue weighted by atomic mass is 9.83. The minimum atomic E-state index is -0.758. The van der Waals surface area contributed by atoms with Gasteiger partial charge in [0.15, 0.2) is 11.5 Å². The number of furan rings is 1. The van der Waals surface area contributed by atoms with Crippen molar-refractivity contribution in [2.75, 3.05) is 7.11 Å². The van der Waals surface area contributed by atoms with E-state index in [4.69, 9.17) is 40.7 Å². The van der Waals surface area contributed by atoms with Crippen LogP contribution in [0.15, 0.2) is 94.7 Å². The first-order valence-electron chi connectivity index (χ1n) is 13.4. The maximum Gasteiger partial charge on any atom is 0.379 e. The highest BCUT2D eigenvalue weighted by Crippen LogP contribution is 2.45. The lowest BCUT2D eigenvalue weighted by molar-refractivity contribution is 0.0702. The van der Waals surface area contributed by atoms with Gasteiger partial charge in [0.05, 0.1) is 13.0 Å². The van der Waals surface area contributed by atoms with Crippen LogP contribution in [0.25, 0.3) is 11.0 Å². The number of aryl methyl sites for hydroxylation is 1. The van der Waals surface area contributed by atoms with Gasteiger partial charge in [0.2, 0.25) is 11.6 Å². The molecule has 2 heterocycles. The Morgan fingerprint density at radius 3 is 2.59 bits per heavy atom. The Hall–Kier alpha value is -5.46. The zero-order valence-electron chi connectivity index (χ0n) is 23.5. The first kappa shape index (κ1) is 28.6. The Balaban J connectivity index is 1.28. The molecule has 0 saturated carbocycles. The number of ether oxygens (including phenoxy) is 4. The molecule has 4 aromatic carbocycles. The topological polar surface area (TPSA) is 117 Å². The van der Waals surface area contributed by atoms with Crippen LogP contribution in [-0.2, 0) is 6.61 Å². The number of benzene rings is 4. The second-order valence-electron chi connectivity index (χ2n) is 10.0. The number of nitriles is 1. The van der Waals surface area contributed by atoms with Crippen LogP contribution in [0.5, 0.6) is 23.0 Å². The van der Waals surface area contributed by atoms with Crippen LogP contribution in [0.4, 0.5) is 4.39 Å². The van der Waals surface area contributed by atoms with Crippen molar-refractivity contribution in [2.24, 2.45) is 5.73 Å². The normalized spacial score (nSPS) is 14.0. The summed E-state index contributed by atoms with van der Waals surface area (Å²) in [5, 5.41) is 11.1. The number of rotatable bonds is 7. The van der Waals surface area contributed by atoms with E-state index in [0.29, 0.717) is 56.5 Å². The number of halogens is 2. The molecule has 0 saturated heterocycles. The van der Waals surface area contributed by atoms with Crippen LogP contribution < -0.4 is 24.7 Å². The molecule has 0 amide bonds. The molecule has 1 aliphatic rings. The highest BCUT2D eigenvalue weighted by atomic mass is 35.5. The highest BCUT2D eigenvalue weighted by molar-refractivity contribution is 6.30. The van der Waals surface area contributed by atoms with E-state index >= 15 is 0 Å². The minimum Gasteiger partial charge on any atom is -0.493 e. The molecular weight excluding hydrogens is 587 g/mol. The van der Waals surface area contributed by atoms with E-state index in [1.54, 1.807) is 43.3 Å². The van der Waals surface area contributed by atoms with E-state index in [0.717, 1.165) is 5.56 Å². The van der Waals surface area contributed by atoms with E-state index in [2.05, 4.69) is 6.07 Å². The number of fused-ring (bicyclic) bond motifs is 2. The molecule has 0 aliphatic carbocycles. The van der Waals surface area contributed by atoms with Crippen molar-refractivity contribution >= 4 is 28.5 Å². The number of methoxy groups -OCH3 is 1. The van der Waals surface area contributed by atoms with E-state index < -0.39 is 17.7 Å². The molecule has 6 rings (SSSR count). The van der Waals surface area contributed by atoms with Gasteiger partial charge in [-0.1, -0.05) is 35.9 Å². The summed E-state index contributed by atoms with van der Waals surface area (Å²) >= 11 is 5.98. The summed E-state index contributed by atoms with van der Waals surface area (Å²) in [5.74, 6) is -0.469. The van der Waals surface area contributed by atoms with Gasteiger partial charge in [0, 0.05) is 27.6 Å². The maximum absolute atomic E-state index is 13.7. The second kappa shape index (κ2) is 11.7. The predicted molar refractivity (Wildman–Crippen MR) is 160 cm³/mol. The summed E-state index contributed by atoms with van der Waals surface area (Å²) in [7, 11) is 1.53. The fourth-order valence-electron chi connectivity index (χ4n) is 5.11. The molecule has 5 aromatic rings. The number of nitrogens with zero attached hydrogens (tertiary/aromatic N) is 1. The first-order chi connectivity index (χ1) is 21.2. The number of nitrogens with two attached hydrogens (primary N) is 1. The van der Waals surface area contributed by atoms with Crippen LogP contribution in [0.2, 0.25) is 5.02 Å². The smallest absolute Gasteiger partial charge is 0.379 e. The van der Waals surface area contributed by atoms with Crippen molar-refractivity contribution in [1.29, 1.82) is 5.26 Å². The maximum atomic E-state index is 13.7. The van der Waals surface area contributed by atoms with Crippen molar-refractivity contribution in [1.82, 2.24) is 0 Å². The number of carbonyl (C=O) groups excluding carboxylic acids is 1. The summed E-state index contributed by atoms with van der Waals surface area (Å²) < 4.78 is 42.3. The van der Waals surface area contributed by atoms with Gasteiger partial charge in [0.25, 0.3) is 0 Å². The molecule has 0 spiro atoms. The first-order valence-corrected chi connectivity index (χ1v) is 13.8. The van der Waals surface area contributed by atoms with Crippen molar-refractivity contribution < 1.29 is 32.5 Å². The van der Waals surface area contributed by atoms with Crippen molar-refractivity contribution in [3.8, 4) is 29.1 Å². The molecule has 0 radical (unpaired) electrons. The Labute approximate surface area is 256 Å². The van der Waals surface area contributed by atoms with Gasteiger partial charge < -0.3 is 29.1 Å². The monoisotopic (exact) mass is 610 g/mol. The third kappa shape index (κ3) is 5.39. The van der Waals surface area contributed by atoms with E-state index in [9.17, 15) is 14.4 Å². The average molecular weight is 611 g/mol. The number of esters is 1.